The summed E-state index contributed by atoms with van der Waals surface area (Å²) in [4.78, 5) is 34.6. The summed E-state index contributed by atoms with van der Waals surface area (Å²) >= 11 is 0. The molecule has 0 spiro atoms. The van der Waals surface area contributed by atoms with Gasteiger partial charge in [-0.2, -0.15) is 5.10 Å². The number of aromatic nitrogens is 4. The fourth-order valence-electron chi connectivity index (χ4n) is 4.99. The lowest BCUT2D eigenvalue weighted by Gasteiger charge is -2.33. The van der Waals surface area contributed by atoms with E-state index in [0.717, 1.165) is 40.9 Å². The highest BCUT2D eigenvalue weighted by Crippen LogP contribution is 2.34. The standard InChI is InChI=1S/C29H25N7O3/c37-28(21-11-13-23(14-12-21)36(38)39)34-17-6-9-22(19-34)31-29-30-16-15-24(32-29)26-25-10-4-5-18-35(25)33-27(26)20-7-2-1-3-8-20/h1-5,7-8,10-16,18,22H,6,9,17,19H2,(H,30,31,32)/t22-/m0/s1. The predicted molar refractivity (Wildman–Crippen MR) is 147 cm³/mol. The molecule has 1 fully saturated rings. The van der Waals surface area contributed by atoms with Gasteiger partial charge in [-0.1, -0.05) is 36.4 Å². The second-order valence-corrected chi connectivity index (χ2v) is 9.42. The van der Waals surface area contributed by atoms with E-state index in [1.54, 1.807) is 11.1 Å². The Morgan fingerprint density at radius 2 is 1.79 bits per heavy atom. The topological polar surface area (TPSA) is 119 Å². The fourth-order valence-corrected chi connectivity index (χ4v) is 4.99. The van der Waals surface area contributed by atoms with Crippen LogP contribution < -0.4 is 5.32 Å². The van der Waals surface area contributed by atoms with Crippen molar-refractivity contribution in [3.8, 4) is 22.5 Å². The largest absolute Gasteiger partial charge is 0.350 e. The van der Waals surface area contributed by atoms with Crippen LogP contribution in [0.1, 0.15) is 23.2 Å². The van der Waals surface area contributed by atoms with Crippen molar-refractivity contribution >= 4 is 23.1 Å². The summed E-state index contributed by atoms with van der Waals surface area (Å²) in [6.07, 6.45) is 5.34. The molecule has 0 bridgehead atoms. The number of nitrogens with one attached hydrogen (secondary N) is 1. The molecule has 1 atom stereocenters. The maximum absolute atomic E-state index is 13.1. The molecule has 0 aliphatic carbocycles. The third-order valence-electron chi connectivity index (χ3n) is 6.87. The van der Waals surface area contributed by atoms with E-state index in [2.05, 4.69) is 10.3 Å². The number of hydrogen-bond acceptors (Lipinski definition) is 7. The van der Waals surface area contributed by atoms with Crippen molar-refractivity contribution in [1.29, 1.82) is 0 Å². The van der Waals surface area contributed by atoms with E-state index in [4.69, 9.17) is 10.1 Å². The monoisotopic (exact) mass is 519 g/mol. The van der Waals surface area contributed by atoms with E-state index in [9.17, 15) is 14.9 Å². The molecule has 3 aromatic heterocycles. The van der Waals surface area contributed by atoms with Gasteiger partial charge >= 0.3 is 0 Å². The van der Waals surface area contributed by atoms with Crippen molar-refractivity contribution in [2.24, 2.45) is 0 Å². The molecular formula is C29H25N7O3. The highest BCUT2D eigenvalue weighted by molar-refractivity contribution is 5.94. The van der Waals surface area contributed by atoms with Crippen LogP contribution in [0, 0.1) is 10.1 Å². The van der Waals surface area contributed by atoms with Crippen molar-refractivity contribution in [1.82, 2.24) is 24.5 Å². The summed E-state index contributed by atoms with van der Waals surface area (Å²) in [6.45, 7) is 1.10. The maximum atomic E-state index is 13.1. The first-order valence-corrected chi connectivity index (χ1v) is 12.7. The van der Waals surface area contributed by atoms with Gasteiger partial charge in [-0.25, -0.2) is 14.5 Å². The maximum Gasteiger partial charge on any atom is 0.269 e. The van der Waals surface area contributed by atoms with Gasteiger partial charge in [0.15, 0.2) is 0 Å². The van der Waals surface area contributed by atoms with Crippen molar-refractivity contribution < 1.29 is 9.72 Å². The zero-order chi connectivity index (χ0) is 26.8. The van der Waals surface area contributed by atoms with Gasteiger partial charge in [0, 0.05) is 54.8 Å². The molecule has 0 unspecified atom stereocenters. The first-order chi connectivity index (χ1) is 19.1. The zero-order valence-electron chi connectivity index (χ0n) is 21.0. The number of hydrogen-bond donors (Lipinski definition) is 1. The van der Waals surface area contributed by atoms with Crippen molar-refractivity contribution in [2.45, 2.75) is 18.9 Å². The van der Waals surface area contributed by atoms with E-state index in [-0.39, 0.29) is 17.6 Å². The molecule has 10 nitrogen and oxygen atoms in total. The fraction of sp³-hybridized carbons (Fsp3) is 0.172. The first-order valence-electron chi connectivity index (χ1n) is 12.7. The summed E-state index contributed by atoms with van der Waals surface area (Å²) in [5.74, 6) is 0.335. The Morgan fingerprint density at radius 1 is 1.00 bits per heavy atom. The van der Waals surface area contributed by atoms with Gasteiger partial charge in [-0.05, 0) is 43.2 Å². The molecule has 2 aromatic carbocycles. The number of amides is 1. The average Bonchev–Trinajstić information content (AvgIpc) is 3.37. The van der Waals surface area contributed by atoms with E-state index >= 15 is 0 Å². The van der Waals surface area contributed by atoms with E-state index in [1.165, 1.54) is 24.3 Å². The average molecular weight is 520 g/mol. The number of nitro groups is 1. The number of piperidine rings is 1. The van der Waals surface area contributed by atoms with Gasteiger partial charge in [0.25, 0.3) is 11.6 Å². The quantitative estimate of drug-likeness (QED) is 0.245. The first kappa shape index (κ1) is 24.2. The molecule has 5 aromatic rings. The van der Waals surface area contributed by atoms with E-state index in [1.807, 2.05) is 65.3 Å². The minimum atomic E-state index is -0.473. The number of non-ortho nitro benzene ring substituents is 1. The number of fused-ring (bicyclic) bond motifs is 1. The minimum Gasteiger partial charge on any atom is -0.350 e. The predicted octanol–water partition coefficient (Wildman–Crippen LogP) is 5.08. The molecule has 0 saturated carbocycles. The lowest BCUT2D eigenvalue weighted by molar-refractivity contribution is -0.384. The molecule has 194 valence electrons. The third kappa shape index (κ3) is 4.91. The van der Waals surface area contributed by atoms with Crippen LogP contribution in [0.4, 0.5) is 11.6 Å². The molecular weight excluding hydrogens is 494 g/mol. The Balaban J connectivity index is 1.24. The Bertz CT molecular complexity index is 1650. The summed E-state index contributed by atoms with van der Waals surface area (Å²) in [6, 6.07) is 23.5. The third-order valence-corrected chi connectivity index (χ3v) is 6.87. The molecule has 4 heterocycles. The molecule has 1 amide bonds. The molecule has 0 radical (unpaired) electrons. The van der Waals surface area contributed by atoms with Crippen LogP contribution in [0.2, 0.25) is 0 Å². The van der Waals surface area contributed by atoms with E-state index < -0.39 is 4.92 Å². The second kappa shape index (κ2) is 10.3. The van der Waals surface area contributed by atoms with Crippen molar-refractivity contribution in [3.05, 3.63) is 107 Å². The van der Waals surface area contributed by atoms with Gasteiger partial charge in [0.2, 0.25) is 5.95 Å². The van der Waals surface area contributed by atoms with Crippen LogP contribution in [0.25, 0.3) is 28.0 Å². The number of benzene rings is 2. The van der Waals surface area contributed by atoms with Gasteiger partial charge < -0.3 is 10.2 Å². The number of rotatable bonds is 6. The van der Waals surface area contributed by atoms with Crippen molar-refractivity contribution in [2.75, 3.05) is 18.4 Å². The lowest BCUT2D eigenvalue weighted by atomic mass is 10.0. The number of carbonyl (C=O) groups is 1. The van der Waals surface area contributed by atoms with Gasteiger partial charge in [0.05, 0.1) is 21.7 Å². The number of anilines is 1. The SMILES string of the molecule is O=C(c1ccc([N+](=O)[O-])cc1)N1CCC[C@H](Nc2nccc(-c3c(-c4ccccc4)nn4ccccc34)n2)C1. The van der Waals surface area contributed by atoms with Crippen LogP contribution in [-0.4, -0.2) is 54.4 Å². The normalized spacial score (nSPS) is 15.3. The minimum absolute atomic E-state index is 0.0338. The molecule has 39 heavy (non-hydrogen) atoms. The lowest BCUT2D eigenvalue weighted by Crippen LogP contribution is -2.45. The molecule has 1 saturated heterocycles. The molecule has 10 heteroatoms. The Hall–Kier alpha value is -5.12. The highest BCUT2D eigenvalue weighted by Gasteiger charge is 2.26. The number of carbonyl (C=O) groups excluding carboxylic acids is 1. The van der Waals surface area contributed by atoms with Crippen LogP contribution in [0.15, 0.2) is 91.3 Å². The molecule has 1 aliphatic heterocycles. The van der Waals surface area contributed by atoms with E-state index in [0.29, 0.717) is 24.6 Å². The summed E-state index contributed by atoms with van der Waals surface area (Å²) in [5, 5.41) is 19.2. The number of pyridine rings is 1. The summed E-state index contributed by atoms with van der Waals surface area (Å²) in [7, 11) is 0. The van der Waals surface area contributed by atoms with Crippen LogP contribution in [0.3, 0.4) is 0 Å². The van der Waals surface area contributed by atoms with Gasteiger partial charge in [0.1, 0.15) is 5.69 Å². The highest BCUT2D eigenvalue weighted by atomic mass is 16.6. The van der Waals surface area contributed by atoms with Crippen LogP contribution in [0.5, 0.6) is 0 Å². The van der Waals surface area contributed by atoms with Crippen LogP contribution in [-0.2, 0) is 0 Å². The van der Waals surface area contributed by atoms with Gasteiger partial charge in [-0.15, -0.1) is 0 Å². The summed E-state index contributed by atoms with van der Waals surface area (Å²) in [5.41, 5.74) is 4.84. The Morgan fingerprint density at radius 3 is 2.59 bits per heavy atom. The summed E-state index contributed by atoms with van der Waals surface area (Å²) < 4.78 is 1.86. The number of nitrogens with zero attached hydrogens (tertiary/aromatic N) is 6. The number of nitro benzene ring substituents is 1. The number of likely N-dealkylation sites (tertiary alicyclic amines) is 1. The molecule has 1 N–H and O–H groups in total. The smallest absolute Gasteiger partial charge is 0.269 e. The van der Waals surface area contributed by atoms with Gasteiger partial charge in [-0.3, -0.25) is 14.9 Å². The van der Waals surface area contributed by atoms with Crippen LogP contribution >= 0.6 is 0 Å². The Kier molecular flexibility index (Phi) is 6.42. The zero-order valence-corrected chi connectivity index (χ0v) is 21.0. The Labute approximate surface area is 224 Å². The molecule has 6 rings (SSSR count). The van der Waals surface area contributed by atoms with Crippen molar-refractivity contribution in [3.63, 3.8) is 0 Å². The molecule has 1 aliphatic rings. The second-order valence-electron chi connectivity index (χ2n) is 9.42.